The topological polar surface area (TPSA) is 107 Å². The molecule has 126 valence electrons. The molecule has 0 bridgehead atoms. The van der Waals surface area contributed by atoms with Gasteiger partial charge in [-0.25, -0.2) is 8.42 Å². The van der Waals surface area contributed by atoms with Crippen LogP contribution in [0.1, 0.15) is 13.3 Å². The average Bonchev–Trinajstić information content (AvgIpc) is 2.54. The number of hydrogen-bond acceptors (Lipinski definition) is 6. The van der Waals surface area contributed by atoms with E-state index in [1.807, 2.05) is 0 Å². The monoisotopic (exact) mass is 342 g/mol. The molecule has 0 radical (unpaired) electrons. The molecule has 0 saturated heterocycles. The minimum atomic E-state index is -4.01. The highest BCUT2D eigenvalue weighted by molar-refractivity contribution is 7.89. The number of nitro benzene ring substituents is 1. The lowest BCUT2D eigenvalue weighted by atomic mass is 10.3. The second kappa shape index (κ2) is 7.84. The van der Waals surface area contributed by atoms with Crippen molar-refractivity contribution in [1.82, 2.24) is 4.31 Å². The van der Waals surface area contributed by atoms with Gasteiger partial charge < -0.3 is 4.74 Å². The van der Waals surface area contributed by atoms with Gasteiger partial charge in [0, 0.05) is 18.7 Å². The highest BCUT2D eigenvalue weighted by Crippen LogP contribution is 2.22. The molecular formula is C14H18N2O6S. The minimum absolute atomic E-state index is 0.0408. The van der Waals surface area contributed by atoms with Crippen molar-refractivity contribution in [3.05, 3.63) is 47.0 Å². The predicted molar refractivity (Wildman–Crippen MR) is 83.3 cm³/mol. The summed E-state index contributed by atoms with van der Waals surface area (Å²) in [6.07, 6.45) is 1.87. The number of carbonyl (C=O) groups is 1. The zero-order chi connectivity index (χ0) is 17.6. The van der Waals surface area contributed by atoms with Gasteiger partial charge in [-0.15, -0.1) is 6.58 Å². The molecule has 0 fully saturated rings. The van der Waals surface area contributed by atoms with Crippen LogP contribution in [0.25, 0.3) is 0 Å². The summed E-state index contributed by atoms with van der Waals surface area (Å²) in [6.45, 7) is 4.99. The van der Waals surface area contributed by atoms with E-state index in [1.54, 1.807) is 0 Å². The number of benzene rings is 1. The van der Waals surface area contributed by atoms with E-state index in [2.05, 4.69) is 11.3 Å². The van der Waals surface area contributed by atoms with E-state index in [9.17, 15) is 23.3 Å². The molecule has 0 N–H and O–H groups in total. The minimum Gasteiger partial charge on any atom is -0.468 e. The van der Waals surface area contributed by atoms with Crippen LogP contribution in [-0.4, -0.2) is 43.3 Å². The summed E-state index contributed by atoms with van der Waals surface area (Å²) in [7, 11) is -2.84. The third-order valence-corrected chi connectivity index (χ3v) is 5.17. The van der Waals surface area contributed by atoms with E-state index < -0.39 is 27.0 Å². The molecule has 1 unspecified atom stereocenters. The van der Waals surface area contributed by atoms with Gasteiger partial charge in [-0.3, -0.25) is 14.9 Å². The first-order valence-electron chi connectivity index (χ1n) is 6.70. The number of non-ortho nitro benzene ring substituents is 1. The first-order valence-corrected chi connectivity index (χ1v) is 8.14. The van der Waals surface area contributed by atoms with Crippen LogP contribution in [0.3, 0.4) is 0 Å². The molecule has 23 heavy (non-hydrogen) atoms. The van der Waals surface area contributed by atoms with E-state index in [0.717, 1.165) is 28.6 Å². The van der Waals surface area contributed by atoms with Gasteiger partial charge in [0.25, 0.3) is 5.69 Å². The SMILES string of the molecule is C=CCCN(C(C)C(=O)OC)S(=O)(=O)c1ccc([N+](=O)[O-])cc1. The molecule has 0 aliphatic heterocycles. The van der Waals surface area contributed by atoms with Gasteiger partial charge >= 0.3 is 5.97 Å². The zero-order valence-electron chi connectivity index (χ0n) is 12.8. The van der Waals surface area contributed by atoms with E-state index >= 15 is 0 Å². The van der Waals surface area contributed by atoms with Crippen molar-refractivity contribution < 1.29 is 22.9 Å². The molecule has 0 aromatic heterocycles. The van der Waals surface area contributed by atoms with Crippen molar-refractivity contribution in [2.45, 2.75) is 24.3 Å². The Hall–Kier alpha value is -2.26. The van der Waals surface area contributed by atoms with Gasteiger partial charge in [0.05, 0.1) is 16.9 Å². The highest BCUT2D eigenvalue weighted by atomic mass is 32.2. The summed E-state index contributed by atoms with van der Waals surface area (Å²) in [5.74, 6) is -0.695. The summed E-state index contributed by atoms with van der Waals surface area (Å²) in [5, 5.41) is 10.6. The lowest BCUT2D eigenvalue weighted by Crippen LogP contribution is -2.44. The summed E-state index contributed by atoms with van der Waals surface area (Å²) in [6, 6.07) is 3.44. The van der Waals surface area contributed by atoms with Gasteiger partial charge in [-0.1, -0.05) is 6.08 Å². The Balaban J connectivity index is 3.23. The van der Waals surface area contributed by atoms with E-state index in [-0.39, 0.29) is 17.1 Å². The molecule has 0 spiro atoms. The third kappa shape index (κ3) is 4.36. The van der Waals surface area contributed by atoms with Crippen LogP contribution < -0.4 is 0 Å². The van der Waals surface area contributed by atoms with E-state index in [4.69, 9.17) is 0 Å². The molecule has 1 rings (SSSR count). The quantitative estimate of drug-likeness (QED) is 0.308. The first-order chi connectivity index (χ1) is 10.8. The number of methoxy groups -OCH3 is 1. The van der Waals surface area contributed by atoms with Crippen LogP contribution in [0, 0.1) is 10.1 Å². The summed E-state index contributed by atoms with van der Waals surface area (Å²) in [4.78, 5) is 21.6. The molecule has 0 heterocycles. The Morgan fingerprint density at radius 1 is 1.43 bits per heavy atom. The van der Waals surface area contributed by atoms with Crippen LogP contribution in [0.5, 0.6) is 0 Å². The second-order valence-corrected chi connectivity index (χ2v) is 6.53. The lowest BCUT2D eigenvalue weighted by Gasteiger charge is -2.26. The van der Waals surface area contributed by atoms with Gasteiger partial charge in [0.15, 0.2) is 0 Å². The normalized spacial score (nSPS) is 12.7. The van der Waals surface area contributed by atoms with Crippen LogP contribution in [0.15, 0.2) is 41.8 Å². The Morgan fingerprint density at radius 2 is 2.00 bits per heavy atom. The van der Waals surface area contributed by atoms with Crippen molar-refractivity contribution in [2.75, 3.05) is 13.7 Å². The molecule has 0 saturated carbocycles. The van der Waals surface area contributed by atoms with Gasteiger partial charge in [-0.05, 0) is 25.5 Å². The van der Waals surface area contributed by atoms with Crippen LogP contribution in [0.4, 0.5) is 5.69 Å². The number of nitro groups is 1. The number of ether oxygens (including phenoxy) is 1. The Labute approximate surface area is 134 Å². The fraction of sp³-hybridized carbons (Fsp3) is 0.357. The van der Waals surface area contributed by atoms with Crippen molar-refractivity contribution in [1.29, 1.82) is 0 Å². The number of esters is 1. The molecule has 9 heteroatoms. The Bertz CT molecular complexity index is 684. The second-order valence-electron chi connectivity index (χ2n) is 4.64. The molecule has 1 aromatic carbocycles. The smallest absolute Gasteiger partial charge is 0.323 e. The van der Waals surface area contributed by atoms with Crippen LogP contribution in [0.2, 0.25) is 0 Å². The first kappa shape index (κ1) is 18.8. The number of rotatable bonds is 8. The fourth-order valence-electron chi connectivity index (χ4n) is 1.90. The Morgan fingerprint density at radius 3 is 2.43 bits per heavy atom. The van der Waals surface area contributed by atoms with Crippen molar-refractivity contribution in [3.8, 4) is 0 Å². The number of carbonyl (C=O) groups excluding carboxylic acids is 1. The van der Waals surface area contributed by atoms with E-state index in [1.165, 1.54) is 20.1 Å². The van der Waals surface area contributed by atoms with Gasteiger partial charge in [-0.2, -0.15) is 4.31 Å². The third-order valence-electron chi connectivity index (χ3n) is 3.18. The number of sulfonamides is 1. The average molecular weight is 342 g/mol. The highest BCUT2D eigenvalue weighted by Gasteiger charge is 2.33. The van der Waals surface area contributed by atoms with Gasteiger partial charge in [0.2, 0.25) is 10.0 Å². The van der Waals surface area contributed by atoms with Crippen molar-refractivity contribution >= 4 is 21.7 Å². The Kier molecular flexibility index (Phi) is 6.40. The maximum absolute atomic E-state index is 12.7. The largest absolute Gasteiger partial charge is 0.468 e. The molecule has 0 aliphatic rings. The number of nitrogens with zero attached hydrogens (tertiary/aromatic N) is 2. The van der Waals surface area contributed by atoms with Gasteiger partial charge in [0.1, 0.15) is 6.04 Å². The van der Waals surface area contributed by atoms with Crippen LogP contribution >= 0.6 is 0 Å². The standard InChI is InChI=1S/C14H18N2O6S/c1-4-5-10-15(11(2)14(17)22-3)23(20,21)13-8-6-12(7-9-13)16(18)19/h4,6-9,11H,1,5,10H2,2-3H3. The maximum Gasteiger partial charge on any atom is 0.323 e. The molecule has 0 amide bonds. The van der Waals surface area contributed by atoms with Crippen molar-refractivity contribution in [3.63, 3.8) is 0 Å². The molecule has 8 nitrogen and oxygen atoms in total. The molecule has 1 atom stereocenters. The molecular weight excluding hydrogens is 324 g/mol. The summed E-state index contributed by atoms with van der Waals surface area (Å²) < 4.78 is 31.0. The van der Waals surface area contributed by atoms with E-state index in [0.29, 0.717) is 6.42 Å². The summed E-state index contributed by atoms with van der Waals surface area (Å²) in [5.41, 5.74) is -0.220. The molecule has 1 aromatic rings. The lowest BCUT2D eigenvalue weighted by molar-refractivity contribution is -0.384. The predicted octanol–water partition coefficient (Wildman–Crippen LogP) is 1.72. The summed E-state index contributed by atoms with van der Waals surface area (Å²) >= 11 is 0. The molecule has 0 aliphatic carbocycles. The van der Waals surface area contributed by atoms with Crippen LogP contribution in [-0.2, 0) is 19.6 Å². The number of hydrogen-bond donors (Lipinski definition) is 0. The maximum atomic E-state index is 12.7. The van der Waals surface area contributed by atoms with Crippen molar-refractivity contribution in [2.24, 2.45) is 0 Å². The fourth-order valence-corrected chi connectivity index (χ4v) is 3.50. The zero-order valence-corrected chi connectivity index (χ0v) is 13.7.